The third-order valence-electron chi connectivity index (χ3n) is 2.33. The van der Waals surface area contributed by atoms with Crippen molar-refractivity contribution in [1.29, 1.82) is 0 Å². The average Bonchev–Trinajstić information content (AvgIpc) is 2.19. The van der Waals surface area contributed by atoms with Crippen LogP contribution in [0.4, 0.5) is 4.79 Å². The molecule has 7 heteroatoms. The number of hydrogen-bond donors (Lipinski definition) is 3. The van der Waals surface area contributed by atoms with Crippen molar-refractivity contribution in [2.45, 2.75) is 12.1 Å². The molecule has 0 aromatic heterocycles. The minimum absolute atomic E-state index is 0.0514. The van der Waals surface area contributed by atoms with E-state index in [9.17, 15) is 14.7 Å². The maximum atomic E-state index is 10.8. The van der Waals surface area contributed by atoms with Crippen LogP contribution >= 0.6 is 0 Å². The molecule has 0 aliphatic carbocycles. The normalized spacial score (nSPS) is 25.1. The van der Waals surface area contributed by atoms with Crippen molar-refractivity contribution in [3.63, 3.8) is 0 Å². The predicted octanol–water partition coefficient (Wildman–Crippen LogP) is -0.633. The molecule has 16 heavy (non-hydrogen) atoms. The molecule has 90 valence electrons. The molecule has 7 nitrogen and oxygen atoms in total. The number of carboxylic acid groups (broad SMARTS) is 2. The van der Waals surface area contributed by atoms with Gasteiger partial charge in [-0.3, -0.25) is 4.90 Å². The second-order valence-corrected chi connectivity index (χ2v) is 3.40. The van der Waals surface area contributed by atoms with Gasteiger partial charge in [-0.05, 0) is 6.08 Å². The van der Waals surface area contributed by atoms with Crippen LogP contribution in [0, 0.1) is 0 Å². The molecular formula is C9H13NO6. The van der Waals surface area contributed by atoms with E-state index < -0.39 is 24.2 Å². The van der Waals surface area contributed by atoms with Gasteiger partial charge in [-0.15, -0.1) is 0 Å². The van der Waals surface area contributed by atoms with E-state index in [-0.39, 0.29) is 18.7 Å². The Labute approximate surface area is 91.5 Å². The van der Waals surface area contributed by atoms with Crippen molar-refractivity contribution in [2.75, 3.05) is 20.3 Å². The lowest BCUT2D eigenvalue weighted by Gasteiger charge is -2.33. The van der Waals surface area contributed by atoms with Crippen molar-refractivity contribution in [1.82, 2.24) is 4.90 Å². The summed E-state index contributed by atoms with van der Waals surface area (Å²) >= 11 is 0. The van der Waals surface area contributed by atoms with Gasteiger partial charge in [0.05, 0.1) is 24.8 Å². The molecule has 0 aromatic rings. The SMILES string of the molecule is COC[C@@H]1C=C(C(=O)O)[C@H](O)CN1C(=O)O. The van der Waals surface area contributed by atoms with Crippen molar-refractivity contribution in [2.24, 2.45) is 0 Å². The molecule has 3 N–H and O–H groups in total. The highest BCUT2D eigenvalue weighted by molar-refractivity contribution is 5.88. The number of carbonyl (C=O) groups is 2. The van der Waals surface area contributed by atoms with Gasteiger partial charge in [0, 0.05) is 7.11 Å². The topological polar surface area (TPSA) is 107 Å². The number of rotatable bonds is 3. The molecule has 2 atom stereocenters. The second-order valence-electron chi connectivity index (χ2n) is 3.40. The smallest absolute Gasteiger partial charge is 0.407 e. The number of β-amino-alcohol motifs (C(OH)–C–C–N with tert-alkyl or cyclic N) is 1. The standard InChI is InChI=1S/C9H13NO6/c1-16-4-5-2-6(8(12)13)7(11)3-10(5)9(14)15/h2,5,7,11H,3-4H2,1H3,(H,12,13)(H,14,15)/t5-,7+/m0/s1. The first-order chi connectivity index (χ1) is 7.47. The van der Waals surface area contributed by atoms with Crippen LogP contribution in [0.25, 0.3) is 0 Å². The molecule has 1 aliphatic heterocycles. The Kier molecular flexibility index (Phi) is 3.86. The Hall–Kier alpha value is -1.60. The quantitative estimate of drug-likeness (QED) is 0.596. The number of hydrogen-bond acceptors (Lipinski definition) is 4. The maximum Gasteiger partial charge on any atom is 0.407 e. The summed E-state index contributed by atoms with van der Waals surface area (Å²) < 4.78 is 4.80. The first-order valence-corrected chi connectivity index (χ1v) is 4.59. The fourth-order valence-corrected chi connectivity index (χ4v) is 1.57. The molecule has 1 aliphatic rings. The number of methoxy groups -OCH3 is 1. The van der Waals surface area contributed by atoms with Crippen LogP contribution in [-0.2, 0) is 9.53 Å². The highest BCUT2D eigenvalue weighted by Gasteiger charge is 2.33. The van der Waals surface area contributed by atoms with Gasteiger partial charge >= 0.3 is 12.1 Å². The lowest BCUT2D eigenvalue weighted by atomic mass is 10.0. The van der Waals surface area contributed by atoms with Crippen molar-refractivity contribution < 1.29 is 29.6 Å². The van der Waals surface area contributed by atoms with Gasteiger partial charge in [-0.2, -0.15) is 0 Å². The van der Waals surface area contributed by atoms with Gasteiger partial charge in [0.15, 0.2) is 0 Å². The first kappa shape index (κ1) is 12.5. The van der Waals surface area contributed by atoms with Crippen LogP contribution in [0.5, 0.6) is 0 Å². The van der Waals surface area contributed by atoms with Crippen LogP contribution in [0.1, 0.15) is 0 Å². The number of ether oxygens (including phenoxy) is 1. The Morgan fingerprint density at radius 3 is 2.62 bits per heavy atom. The van der Waals surface area contributed by atoms with Crippen LogP contribution in [0.2, 0.25) is 0 Å². The van der Waals surface area contributed by atoms with Crippen molar-refractivity contribution in [3.05, 3.63) is 11.6 Å². The van der Waals surface area contributed by atoms with E-state index in [1.54, 1.807) is 0 Å². The molecule has 0 saturated heterocycles. The Bertz CT molecular complexity index is 326. The molecule has 0 bridgehead atoms. The fraction of sp³-hybridized carbons (Fsp3) is 0.556. The van der Waals surface area contributed by atoms with E-state index in [2.05, 4.69) is 0 Å². The van der Waals surface area contributed by atoms with Gasteiger partial charge < -0.3 is 20.1 Å². The summed E-state index contributed by atoms with van der Waals surface area (Å²) in [5.74, 6) is -1.25. The maximum absolute atomic E-state index is 10.8. The molecular weight excluding hydrogens is 218 g/mol. The van der Waals surface area contributed by atoms with Gasteiger partial charge in [0.25, 0.3) is 0 Å². The number of carboxylic acids is 1. The zero-order chi connectivity index (χ0) is 12.3. The van der Waals surface area contributed by atoms with Crippen LogP contribution in [0.15, 0.2) is 11.6 Å². The molecule has 0 aromatic carbocycles. The summed E-state index contributed by atoms with van der Waals surface area (Å²) in [6.45, 7) is -0.211. The lowest BCUT2D eigenvalue weighted by Crippen LogP contribution is -2.50. The summed E-state index contributed by atoms with van der Waals surface area (Å²) in [7, 11) is 1.39. The molecule has 1 amide bonds. The molecule has 0 radical (unpaired) electrons. The van der Waals surface area contributed by atoms with Crippen LogP contribution < -0.4 is 0 Å². The van der Waals surface area contributed by atoms with Crippen molar-refractivity contribution in [3.8, 4) is 0 Å². The molecule has 0 saturated carbocycles. The summed E-state index contributed by atoms with van der Waals surface area (Å²) in [5, 5.41) is 27.1. The van der Waals surface area contributed by atoms with Gasteiger partial charge in [-0.25, -0.2) is 9.59 Å². The van der Waals surface area contributed by atoms with Gasteiger partial charge in [0.2, 0.25) is 0 Å². The van der Waals surface area contributed by atoms with Gasteiger partial charge in [0.1, 0.15) is 6.10 Å². The van der Waals surface area contributed by atoms with E-state index >= 15 is 0 Å². The summed E-state index contributed by atoms with van der Waals surface area (Å²) in [5.41, 5.74) is -0.195. The molecule has 1 rings (SSSR count). The highest BCUT2D eigenvalue weighted by atomic mass is 16.5. The van der Waals surface area contributed by atoms with E-state index in [0.29, 0.717) is 0 Å². The van der Waals surface area contributed by atoms with E-state index in [4.69, 9.17) is 14.9 Å². The van der Waals surface area contributed by atoms with E-state index in [0.717, 1.165) is 4.90 Å². The van der Waals surface area contributed by atoms with E-state index in [1.165, 1.54) is 13.2 Å². The van der Waals surface area contributed by atoms with Crippen LogP contribution in [0.3, 0.4) is 0 Å². The highest BCUT2D eigenvalue weighted by Crippen LogP contribution is 2.17. The third kappa shape index (κ3) is 2.50. The fourth-order valence-electron chi connectivity index (χ4n) is 1.57. The average molecular weight is 231 g/mol. The molecule has 1 heterocycles. The number of nitrogens with zero attached hydrogens (tertiary/aromatic N) is 1. The number of amides is 1. The van der Waals surface area contributed by atoms with Gasteiger partial charge in [-0.1, -0.05) is 0 Å². The Morgan fingerprint density at radius 2 is 2.19 bits per heavy atom. The summed E-state index contributed by atoms with van der Waals surface area (Å²) in [6.07, 6.45) is -1.32. The van der Waals surface area contributed by atoms with E-state index in [1.807, 2.05) is 0 Å². The monoisotopic (exact) mass is 231 g/mol. The number of aliphatic hydroxyl groups is 1. The largest absolute Gasteiger partial charge is 0.478 e. The van der Waals surface area contributed by atoms with Crippen molar-refractivity contribution >= 4 is 12.1 Å². The minimum atomic E-state index is -1.30. The molecule has 0 fully saturated rings. The predicted molar refractivity (Wildman–Crippen MR) is 52.1 cm³/mol. The zero-order valence-corrected chi connectivity index (χ0v) is 8.66. The molecule has 0 unspecified atom stereocenters. The first-order valence-electron chi connectivity index (χ1n) is 4.59. The lowest BCUT2D eigenvalue weighted by molar-refractivity contribution is -0.134. The number of aliphatic hydroxyl groups excluding tert-OH is 1. The van der Waals surface area contributed by atoms with Crippen LogP contribution in [-0.4, -0.2) is 64.7 Å². The second kappa shape index (κ2) is 4.95. The number of aliphatic carboxylic acids is 1. The molecule has 0 spiro atoms. The third-order valence-corrected chi connectivity index (χ3v) is 2.33. The minimum Gasteiger partial charge on any atom is -0.478 e. The Balaban J connectivity index is 2.96. The summed E-state index contributed by atoms with van der Waals surface area (Å²) in [6, 6.07) is -0.683. The zero-order valence-electron chi connectivity index (χ0n) is 8.66. The Morgan fingerprint density at radius 1 is 1.56 bits per heavy atom. The summed E-state index contributed by atoms with van der Waals surface area (Å²) in [4.78, 5) is 22.5.